The van der Waals surface area contributed by atoms with Crippen LogP contribution in [0, 0.1) is 0 Å². The quantitative estimate of drug-likeness (QED) is 0.232. The summed E-state index contributed by atoms with van der Waals surface area (Å²) in [5.41, 5.74) is 2.69. The molecular formula is C30H24F3N5. The fourth-order valence-electron chi connectivity index (χ4n) is 4.81. The van der Waals surface area contributed by atoms with Crippen molar-refractivity contribution >= 4 is 21.5 Å². The first-order valence-corrected chi connectivity index (χ1v) is 12.1. The predicted octanol–water partition coefficient (Wildman–Crippen LogP) is 7.11. The van der Waals surface area contributed by atoms with Gasteiger partial charge in [0, 0.05) is 18.4 Å². The zero-order valence-electron chi connectivity index (χ0n) is 20.8. The number of halogens is 3. The molecule has 6 aromatic rings. The van der Waals surface area contributed by atoms with Crippen molar-refractivity contribution < 1.29 is 13.2 Å². The summed E-state index contributed by atoms with van der Waals surface area (Å²) in [4.78, 5) is 2.00. The molecule has 2 heterocycles. The molecule has 2 aromatic heterocycles. The maximum atomic E-state index is 13.8. The molecule has 0 bridgehead atoms. The number of benzene rings is 4. The summed E-state index contributed by atoms with van der Waals surface area (Å²) in [7, 11) is 3.91. The van der Waals surface area contributed by atoms with Gasteiger partial charge in [0.2, 0.25) is 0 Å². The zero-order valence-corrected chi connectivity index (χ0v) is 20.8. The van der Waals surface area contributed by atoms with Crippen LogP contribution in [0.15, 0.2) is 97.3 Å². The van der Waals surface area contributed by atoms with E-state index in [1.54, 1.807) is 21.4 Å². The van der Waals surface area contributed by atoms with Gasteiger partial charge in [-0.15, -0.1) is 5.10 Å². The van der Waals surface area contributed by atoms with Gasteiger partial charge in [-0.2, -0.15) is 13.2 Å². The number of fused-ring (bicyclic) bond motifs is 3. The van der Waals surface area contributed by atoms with E-state index in [0.717, 1.165) is 39.1 Å². The smallest absolute Gasteiger partial charge is 0.316 e. The third-order valence-electron chi connectivity index (χ3n) is 6.60. The lowest BCUT2D eigenvalue weighted by atomic mass is 9.99. The molecule has 0 N–H and O–H groups in total. The summed E-state index contributed by atoms with van der Waals surface area (Å²) in [5.74, 6) is 0. The highest BCUT2D eigenvalue weighted by atomic mass is 19.4. The van der Waals surface area contributed by atoms with Gasteiger partial charge in [0.15, 0.2) is 0 Å². The van der Waals surface area contributed by atoms with Crippen molar-refractivity contribution in [3.63, 3.8) is 0 Å². The van der Waals surface area contributed by atoms with Gasteiger partial charge < -0.3 is 9.47 Å². The second-order valence-corrected chi connectivity index (χ2v) is 9.61. The van der Waals surface area contributed by atoms with Crippen LogP contribution in [-0.2, 0) is 12.7 Å². The van der Waals surface area contributed by atoms with Crippen LogP contribution in [0.5, 0.6) is 0 Å². The van der Waals surface area contributed by atoms with E-state index in [1.807, 2.05) is 79.8 Å². The second kappa shape index (κ2) is 9.15. The monoisotopic (exact) mass is 511 g/mol. The Hall–Kier alpha value is -4.43. The van der Waals surface area contributed by atoms with Crippen molar-refractivity contribution in [2.45, 2.75) is 12.7 Å². The molecular weight excluding hydrogens is 487 g/mol. The molecule has 0 radical (unpaired) electrons. The maximum Gasteiger partial charge on any atom is 0.417 e. The van der Waals surface area contributed by atoms with Crippen molar-refractivity contribution in [2.24, 2.45) is 0 Å². The number of hydrogen-bond acceptors (Lipinski definition) is 3. The first-order chi connectivity index (χ1) is 18.3. The van der Waals surface area contributed by atoms with Crippen LogP contribution in [0.3, 0.4) is 0 Å². The third-order valence-corrected chi connectivity index (χ3v) is 6.60. The summed E-state index contributed by atoms with van der Waals surface area (Å²) in [5, 5.41) is 12.6. The van der Waals surface area contributed by atoms with Crippen molar-refractivity contribution in [2.75, 3.05) is 14.1 Å². The van der Waals surface area contributed by atoms with E-state index in [-0.39, 0.29) is 0 Å². The summed E-state index contributed by atoms with van der Waals surface area (Å²) >= 11 is 0. The van der Waals surface area contributed by atoms with Gasteiger partial charge in [0.25, 0.3) is 0 Å². The van der Waals surface area contributed by atoms with Gasteiger partial charge in [0.1, 0.15) is 0 Å². The first-order valence-electron chi connectivity index (χ1n) is 12.1. The summed E-state index contributed by atoms with van der Waals surface area (Å²) < 4.78 is 44.6. The molecule has 0 atom stereocenters. The molecule has 0 aliphatic carbocycles. The molecule has 38 heavy (non-hydrogen) atoms. The third kappa shape index (κ3) is 4.43. The van der Waals surface area contributed by atoms with Crippen molar-refractivity contribution in [3.8, 4) is 22.6 Å². The van der Waals surface area contributed by atoms with Gasteiger partial charge >= 0.3 is 6.18 Å². The molecule has 5 nitrogen and oxygen atoms in total. The number of nitrogens with zero attached hydrogens (tertiary/aromatic N) is 5. The zero-order chi connectivity index (χ0) is 26.4. The van der Waals surface area contributed by atoms with Crippen LogP contribution >= 0.6 is 0 Å². The number of aromatic nitrogens is 4. The minimum atomic E-state index is -4.46. The van der Waals surface area contributed by atoms with Crippen molar-refractivity contribution in [1.29, 1.82) is 0 Å². The second-order valence-electron chi connectivity index (χ2n) is 9.61. The summed E-state index contributed by atoms with van der Waals surface area (Å²) in [6.07, 6.45) is -1.47. The highest BCUT2D eigenvalue weighted by molar-refractivity contribution is 6.08. The summed E-state index contributed by atoms with van der Waals surface area (Å²) in [6.45, 7) is 0.659. The molecule has 6 rings (SSSR count). The van der Waals surface area contributed by atoms with E-state index in [9.17, 15) is 13.2 Å². The normalized spacial score (nSPS) is 12.2. The molecule has 0 fully saturated rings. The van der Waals surface area contributed by atoms with Crippen LogP contribution < -0.4 is 0 Å². The van der Waals surface area contributed by atoms with E-state index in [2.05, 4.69) is 22.4 Å². The van der Waals surface area contributed by atoms with E-state index in [0.29, 0.717) is 23.5 Å². The maximum absolute atomic E-state index is 13.8. The Morgan fingerprint density at radius 2 is 1.47 bits per heavy atom. The molecule has 0 spiro atoms. The number of rotatable bonds is 5. The average molecular weight is 512 g/mol. The molecule has 4 aromatic carbocycles. The van der Waals surface area contributed by atoms with Crippen LogP contribution in [0.1, 0.15) is 11.3 Å². The minimum Gasteiger partial charge on any atom is -0.316 e. The Labute approximate surface area is 217 Å². The molecule has 0 unspecified atom stereocenters. The van der Waals surface area contributed by atoms with E-state index < -0.39 is 11.7 Å². The minimum absolute atomic E-state index is 0.467. The van der Waals surface area contributed by atoms with Crippen molar-refractivity contribution in [1.82, 2.24) is 24.5 Å². The van der Waals surface area contributed by atoms with Crippen LogP contribution in [-0.4, -0.2) is 38.6 Å². The Balaban J connectivity index is 1.42. The Bertz CT molecular complexity index is 1760. The van der Waals surface area contributed by atoms with Crippen LogP contribution in [0.25, 0.3) is 44.2 Å². The Morgan fingerprint density at radius 3 is 2.24 bits per heavy atom. The standard InChI is InChI=1S/C30H24F3N5/c1-36(2)18-24-19-38(35-34-24)26-12-10-25(11-13-26)37-17-23(30(31,32)33)16-29(37)22-9-14-28-21(15-22)8-7-20-5-3-4-6-27(20)28/h3-17,19H,18H2,1-2H3. The lowest BCUT2D eigenvalue weighted by Crippen LogP contribution is -2.10. The lowest BCUT2D eigenvalue weighted by Gasteiger charge is -2.12. The fraction of sp³-hybridized carbons (Fsp3) is 0.133. The van der Waals surface area contributed by atoms with E-state index >= 15 is 0 Å². The predicted molar refractivity (Wildman–Crippen MR) is 144 cm³/mol. The van der Waals surface area contributed by atoms with Gasteiger partial charge in [0.05, 0.1) is 28.8 Å². The molecule has 0 amide bonds. The first kappa shape index (κ1) is 23.9. The van der Waals surface area contributed by atoms with Gasteiger partial charge in [-0.05, 0) is 77.6 Å². The largest absolute Gasteiger partial charge is 0.417 e. The molecule has 0 aliphatic rings. The number of alkyl halides is 3. The molecule has 8 heteroatoms. The van der Waals surface area contributed by atoms with Crippen molar-refractivity contribution in [3.05, 3.63) is 109 Å². The Kier molecular flexibility index (Phi) is 5.76. The van der Waals surface area contributed by atoms with Gasteiger partial charge in [-0.3, -0.25) is 0 Å². The van der Waals surface area contributed by atoms with Crippen LogP contribution in [0.2, 0.25) is 0 Å². The Morgan fingerprint density at radius 1 is 0.763 bits per heavy atom. The van der Waals surface area contributed by atoms with E-state index in [4.69, 9.17) is 0 Å². The van der Waals surface area contributed by atoms with Crippen LogP contribution in [0.4, 0.5) is 13.2 Å². The highest BCUT2D eigenvalue weighted by Crippen LogP contribution is 2.37. The topological polar surface area (TPSA) is 38.9 Å². The lowest BCUT2D eigenvalue weighted by molar-refractivity contribution is -0.137. The average Bonchev–Trinajstić information content (AvgIpc) is 3.56. The molecule has 0 saturated carbocycles. The highest BCUT2D eigenvalue weighted by Gasteiger charge is 2.33. The SMILES string of the molecule is CN(C)Cc1cn(-c2ccc(-n3cc(C(F)(F)F)cc3-c3ccc4c(ccc5ccccc54)c3)cc2)nn1. The van der Waals surface area contributed by atoms with E-state index in [1.165, 1.54) is 6.07 Å². The summed E-state index contributed by atoms with van der Waals surface area (Å²) in [6, 6.07) is 26.4. The van der Waals surface area contributed by atoms with Gasteiger partial charge in [-0.1, -0.05) is 53.7 Å². The number of hydrogen-bond donors (Lipinski definition) is 0. The molecule has 0 aliphatic heterocycles. The molecule has 190 valence electrons. The van der Waals surface area contributed by atoms with Gasteiger partial charge in [-0.25, -0.2) is 4.68 Å². The fourth-order valence-corrected chi connectivity index (χ4v) is 4.81. The molecule has 0 saturated heterocycles.